The minimum absolute atomic E-state index is 0.448. The van der Waals surface area contributed by atoms with Crippen molar-refractivity contribution in [3.8, 4) is 5.75 Å². The average molecular weight is 419 g/mol. The summed E-state index contributed by atoms with van der Waals surface area (Å²) in [4.78, 5) is 16.8. The van der Waals surface area contributed by atoms with Gasteiger partial charge in [0.05, 0.1) is 6.61 Å². The fourth-order valence-electron chi connectivity index (χ4n) is 2.89. The van der Waals surface area contributed by atoms with E-state index in [4.69, 9.17) is 9.94 Å². The lowest BCUT2D eigenvalue weighted by molar-refractivity contribution is -0.136. The zero-order valence-corrected chi connectivity index (χ0v) is 17.4. The summed E-state index contributed by atoms with van der Waals surface area (Å²) >= 11 is 1.38. The molecule has 2 rings (SSSR count). The number of hydrogen-bond donors (Lipinski definition) is 3. The number of carboxylic acid groups (broad SMARTS) is 1. The highest BCUT2D eigenvalue weighted by molar-refractivity contribution is 8.00. The van der Waals surface area contributed by atoms with E-state index in [-0.39, 0.29) is 0 Å². The summed E-state index contributed by atoms with van der Waals surface area (Å²) in [6, 6.07) is 13.5. The molecule has 158 valence electrons. The normalized spacial score (nSPS) is 11.9. The van der Waals surface area contributed by atoms with Gasteiger partial charge in [-0.15, -0.1) is 11.8 Å². The second-order valence-corrected chi connectivity index (χ2v) is 8.08. The third kappa shape index (κ3) is 9.78. The van der Waals surface area contributed by atoms with Crippen LogP contribution in [0.1, 0.15) is 44.2 Å². The van der Waals surface area contributed by atoms with Crippen LogP contribution >= 0.6 is 11.8 Å². The quantitative estimate of drug-likeness (QED) is 0.222. The Morgan fingerprint density at radius 3 is 2.55 bits per heavy atom. The molecule has 6 nitrogen and oxygen atoms in total. The Balaban J connectivity index is 1.69. The van der Waals surface area contributed by atoms with Crippen LogP contribution in [-0.4, -0.2) is 39.7 Å². The summed E-state index contributed by atoms with van der Waals surface area (Å²) in [5.41, 5.74) is 3.20. The van der Waals surface area contributed by atoms with Crippen LogP contribution in [0.2, 0.25) is 0 Å². The maximum Gasteiger partial charge on any atom is 0.316 e. The molecule has 3 N–H and O–H groups in total. The van der Waals surface area contributed by atoms with Crippen molar-refractivity contribution in [3.05, 3.63) is 54.4 Å². The summed E-state index contributed by atoms with van der Waals surface area (Å²) in [5, 5.41) is 17.6. The van der Waals surface area contributed by atoms with Crippen molar-refractivity contribution in [2.45, 2.75) is 55.1 Å². The molecule has 0 radical (unpaired) electrons. The molecule has 1 aromatic carbocycles. The maximum atomic E-state index is 11.5. The number of benzene rings is 1. The standard InChI is InChI=1S/C22H30N2O4S/c25-22(26)21(10-3-1-2-5-16-24-27)29-20-13-11-19(12-14-20)28-17-7-9-18-8-4-6-15-23-18/h4,6,8,11-15,21,24,27H,1-3,5,7,9-10,16-17H2,(H,25,26). The lowest BCUT2D eigenvalue weighted by atomic mass is 10.1. The number of aryl methyl sites for hydroxylation is 1. The molecule has 0 fully saturated rings. The predicted molar refractivity (Wildman–Crippen MR) is 115 cm³/mol. The van der Waals surface area contributed by atoms with Gasteiger partial charge in [0.2, 0.25) is 0 Å². The first-order valence-electron chi connectivity index (χ1n) is 10.1. The average Bonchev–Trinajstić information content (AvgIpc) is 2.74. The Morgan fingerprint density at radius 1 is 1.07 bits per heavy atom. The maximum absolute atomic E-state index is 11.5. The lowest BCUT2D eigenvalue weighted by Gasteiger charge is -2.13. The van der Waals surface area contributed by atoms with E-state index in [9.17, 15) is 9.90 Å². The van der Waals surface area contributed by atoms with Gasteiger partial charge in [0, 0.05) is 23.3 Å². The van der Waals surface area contributed by atoms with E-state index in [1.165, 1.54) is 11.8 Å². The topological polar surface area (TPSA) is 91.7 Å². The summed E-state index contributed by atoms with van der Waals surface area (Å²) in [6.07, 6.45) is 7.92. The molecule has 0 saturated heterocycles. The highest BCUT2D eigenvalue weighted by Crippen LogP contribution is 2.29. The largest absolute Gasteiger partial charge is 0.494 e. The fourth-order valence-corrected chi connectivity index (χ4v) is 3.90. The van der Waals surface area contributed by atoms with Gasteiger partial charge in [0.1, 0.15) is 11.0 Å². The number of thioether (sulfide) groups is 1. The van der Waals surface area contributed by atoms with Gasteiger partial charge < -0.3 is 15.1 Å². The van der Waals surface area contributed by atoms with E-state index in [1.54, 1.807) is 6.20 Å². The van der Waals surface area contributed by atoms with Crippen LogP contribution in [0.25, 0.3) is 0 Å². The van der Waals surface area contributed by atoms with Crippen molar-refractivity contribution in [2.75, 3.05) is 13.2 Å². The number of unbranched alkanes of at least 4 members (excludes halogenated alkanes) is 3. The third-order valence-corrected chi connectivity index (χ3v) is 5.72. The molecule has 0 spiro atoms. The first-order chi connectivity index (χ1) is 14.2. The van der Waals surface area contributed by atoms with Crippen molar-refractivity contribution in [3.63, 3.8) is 0 Å². The molecule has 0 bridgehead atoms. The van der Waals surface area contributed by atoms with Gasteiger partial charge in [0.25, 0.3) is 0 Å². The van der Waals surface area contributed by atoms with Gasteiger partial charge in [0.15, 0.2) is 0 Å². The second kappa shape index (κ2) is 14.0. The molecule has 7 heteroatoms. The Morgan fingerprint density at radius 2 is 1.86 bits per heavy atom. The van der Waals surface area contributed by atoms with Gasteiger partial charge in [-0.25, -0.2) is 5.48 Å². The van der Waals surface area contributed by atoms with Crippen LogP contribution < -0.4 is 10.2 Å². The van der Waals surface area contributed by atoms with Gasteiger partial charge in [-0.05, 0) is 62.1 Å². The molecule has 29 heavy (non-hydrogen) atoms. The number of carbonyl (C=O) groups is 1. The lowest BCUT2D eigenvalue weighted by Crippen LogP contribution is -2.16. The smallest absolute Gasteiger partial charge is 0.316 e. The van der Waals surface area contributed by atoms with Crippen molar-refractivity contribution in [1.29, 1.82) is 0 Å². The molecule has 2 aromatic rings. The zero-order valence-electron chi connectivity index (χ0n) is 16.6. The number of aliphatic carboxylic acids is 1. The van der Waals surface area contributed by atoms with Gasteiger partial charge in [-0.2, -0.15) is 0 Å². The molecule has 0 amide bonds. The molecule has 1 heterocycles. The predicted octanol–water partition coefficient (Wildman–Crippen LogP) is 4.57. The monoisotopic (exact) mass is 418 g/mol. The summed E-state index contributed by atoms with van der Waals surface area (Å²) < 4.78 is 5.77. The number of nitrogens with one attached hydrogen (secondary N) is 1. The molecular weight excluding hydrogens is 388 g/mol. The molecule has 0 aliphatic rings. The molecule has 0 aliphatic carbocycles. The summed E-state index contributed by atoms with van der Waals surface area (Å²) in [6.45, 7) is 1.20. The molecule has 0 saturated carbocycles. The number of pyridine rings is 1. The number of hydrogen-bond acceptors (Lipinski definition) is 6. The van der Waals surface area contributed by atoms with Crippen LogP contribution in [0.3, 0.4) is 0 Å². The van der Waals surface area contributed by atoms with Gasteiger partial charge in [-0.1, -0.05) is 25.3 Å². The minimum atomic E-state index is -0.776. The highest BCUT2D eigenvalue weighted by Gasteiger charge is 2.18. The van der Waals surface area contributed by atoms with E-state index >= 15 is 0 Å². The van der Waals surface area contributed by atoms with E-state index in [1.807, 2.05) is 42.5 Å². The number of hydroxylamine groups is 1. The van der Waals surface area contributed by atoms with Crippen molar-refractivity contribution in [2.24, 2.45) is 0 Å². The number of rotatable bonds is 15. The fraction of sp³-hybridized carbons (Fsp3) is 0.455. The van der Waals surface area contributed by atoms with Gasteiger partial charge in [-0.3, -0.25) is 9.78 Å². The molecule has 1 unspecified atom stereocenters. The Hall–Kier alpha value is -2.09. The Labute approximate surface area is 176 Å². The van der Waals surface area contributed by atoms with E-state index < -0.39 is 11.2 Å². The van der Waals surface area contributed by atoms with Crippen molar-refractivity contribution >= 4 is 17.7 Å². The second-order valence-electron chi connectivity index (χ2n) is 6.80. The number of ether oxygens (including phenoxy) is 1. The van der Waals surface area contributed by atoms with Crippen LogP contribution in [-0.2, 0) is 11.2 Å². The zero-order chi connectivity index (χ0) is 20.7. The highest BCUT2D eigenvalue weighted by atomic mass is 32.2. The molecule has 1 atom stereocenters. The summed E-state index contributed by atoms with van der Waals surface area (Å²) in [7, 11) is 0. The molecular formula is C22H30N2O4S. The van der Waals surface area contributed by atoms with Crippen molar-refractivity contribution in [1.82, 2.24) is 10.5 Å². The first-order valence-corrected chi connectivity index (χ1v) is 11.0. The van der Waals surface area contributed by atoms with Crippen LogP contribution in [0.15, 0.2) is 53.6 Å². The van der Waals surface area contributed by atoms with Crippen LogP contribution in [0.5, 0.6) is 5.75 Å². The van der Waals surface area contributed by atoms with Crippen LogP contribution in [0, 0.1) is 0 Å². The number of nitrogens with zero attached hydrogens (tertiary/aromatic N) is 1. The van der Waals surface area contributed by atoms with E-state index in [0.717, 1.165) is 54.9 Å². The first kappa shape index (κ1) is 23.2. The molecule has 1 aromatic heterocycles. The minimum Gasteiger partial charge on any atom is -0.494 e. The van der Waals surface area contributed by atoms with E-state index in [0.29, 0.717) is 19.6 Å². The van der Waals surface area contributed by atoms with Gasteiger partial charge >= 0.3 is 5.97 Å². The number of aromatic nitrogens is 1. The third-order valence-electron chi connectivity index (χ3n) is 4.45. The van der Waals surface area contributed by atoms with Crippen molar-refractivity contribution < 1.29 is 19.8 Å². The van der Waals surface area contributed by atoms with Crippen LogP contribution in [0.4, 0.5) is 0 Å². The Bertz CT molecular complexity index is 698. The number of carboxylic acids is 1. The SMILES string of the molecule is O=C(O)C(CCCCCCNO)Sc1ccc(OCCCc2ccccn2)cc1. The Kier molecular flexibility index (Phi) is 11.2. The molecule has 0 aliphatic heterocycles. The summed E-state index contributed by atoms with van der Waals surface area (Å²) in [5.74, 6) is 0.0154. The van der Waals surface area contributed by atoms with E-state index in [2.05, 4.69) is 10.5 Å².